The molecule has 2 atom stereocenters. The molecule has 0 saturated heterocycles. The standard InChI is InChI=1S/C11H13N3OS.ClH/c12-9-2-1-7(5-9)11-13-10(14-15-11)8-3-4-16-6-8;/h3-4,6-7,9H,1-2,5,12H2;1H. The van der Waals surface area contributed by atoms with Gasteiger partial charge < -0.3 is 10.3 Å². The van der Waals surface area contributed by atoms with Crippen LogP contribution in [0.1, 0.15) is 31.1 Å². The van der Waals surface area contributed by atoms with Gasteiger partial charge >= 0.3 is 0 Å². The van der Waals surface area contributed by atoms with Crippen molar-refractivity contribution in [3.8, 4) is 11.4 Å². The first-order valence-electron chi connectivity index (χ1n) is 5.44. The van der Waals surface area contributed by atoms with E-state index in [2.05, 4.69) is 10.1 Å². The number of hydrogen-bond donors (Lipinski definition) is 1. The minimum absolute atomic E-state index is 0. The first-order valence-corrected chi connectivity index (χ1v) is 6.39. The molecule has 1 aliphatic rings. The average Bonchev–Trinajstić information content (AvgIpc) is 2.97. The van der Waals surface area contributed by atoms with E-state index in [0.717, 1.165) is 30.7 Å². The second kappa shape index (κ2) is 5.16. The van der Waals surface area contributed by atoms with Gasteiger partial charge in [-0.25, -0.2) is 0 Å². The lowest BCUT2D eigenvalue weighted by Crippen LogP contribution is -2.14. The average molecular weight is 272 g/mol. The molecular formula is C11H14ClN3OS. The summed E-state index contributed by atoms with van der Waals surface area (Å²) in [7, 11) is 0. The van der Waals surface area contributed by atoms with Gasteiger partial charge in [-0.3, -0.25) is 0 Å². The van der Waals surface area contributed by atoms with E-state index in [1.165, 1.54) is 0 Å². The molecule has 0 spiro atoms. The van der Waals surface area contributed by atoms with Crippen LogP contribution in [0.4, 0.5) is 0 Å². The van der Waals surface area contributed by atoms with E-state index in [1.54, 1.807) is 11.3 Å². The van der Waals surface area contributed by atoms with Gasteiger partial charge in [0.1, 0.15) is 0 Å². The summed E-state index contributed by atoms with van der Waals surface area (Å²) in [4.78, 5) is 4.44. The molecule has 0 amide bonds. The van der Waals surface area contributed by atoms with Gasteiger partial charge in [-0.2, -0.15) is 16.3 Å². The van der Waals surface area contributed by atoms with Crippen LogP contribution in [0.5, 0.6) is 0 Å². The minimum atomic E-state index is 0. The molecule has 2 heterocycles. The summed E-state index contributed by atoms with van der Waals surface area (Å²) in [6.45, 7) is 0. The predicted molar refractivity (Wildman–Crippen MR) is 69.4 cm³/mol. The molecular weight excluding hydrogens is 258 g/mol. The molecule has 3 rings (SSSR count). The maximum atomic E-state index is 5.88. The van der Waals surface area contributed by atoms with Gasteiger partial charge in [-0.15, -0.1) is 12.4 Å². The maximum Gasteiger partial charge on any atom is 0.230 e. The van der Waals surface area contributed by atoms with Crippen molar-refractivity contribution in [2.45, 2.75) is 31.2 Å². The van der Waals surface area contributed by atoms with Crippen molar-refractivity contribution in [1.29, 1.82) is 0 Å². The monoisotopic (exact) mass is 271 g/mol. The van der Waals surface area contributed by atoms with Gasteiger partial charge in [0.25, 0.3) is 0 Å². The maximum absolute atomic E-state index is 5.88. The van der Waals surface area contributed by atoms with Crippen LogP contribution >= 0.6 is 23.7 Å². The Hall–Kier alpha value is -0.910. The predicted octanol–water partition coefficient (Wildman–Crippen LogP) is 2.81. The van der Waals surface area contributed by atoms with Crippen molar-refractivity contribution >= 4 is 23.7 Å². The summed E-state index contributed by atoms with van der Waals surface area (Å²) in [6.07, 6.45) is 3.08. The number of hydrogen-bond acceptors (Lipinski definition) is 5. The van der Waals surface area contributed by atoms with Gasteiger partial charge in [0.05, 0.1) is 0 Å². The van der Waals surface area contributed by atoms with Gasteiger partial charge in [-0.1, -0.05) is 5.16 Å². The summed E-state index contributed by atoms with van der Waals surface area (Å²) in [6, 6.07) is 2.29. The summed E-state index contributed by atoms with van der Waals surface area (Å²) >= 11 is 1.63. The highest BCUT2D eigenvalue weighted by Gasteiger charge is 2.27. The third-order valence-electron chi connectivity index (χ3n) is 3.04. The lowest BCUT2D eigenvalue weighted by Gasteiger charge is -2.01. The molecule has 6 heteroatoms. The first kappa shape index (κ1) is 12.5. The van der Waals surface area contributed by atoms with Crippen molar-refractivity contribution in [1.82, 2.24) is 10.1 Å². The smallest absolute Gasteiger partial charge is 0.230 e. The minimum Gasteiger partial charge on any atom is -0.339 e. The Morgan fingerprint density at radius 3 is 2.94 bits per heavy atom. The van der Waals surface area contributed by atoms with E-state index in [0.29, 0.717) is 17.8 Å². The number of halogens is 1. The summed E-state index contributed by atoms with van der Waals surface area (Å²) < 4.78 is 5.31. The van der Waals surface area contributed by atoms with Crippen LogP contribution in [0.25, 0.3) is 11.4 Å². The number of thiophene rings is 1. The molecule has 2 N–H and O–H groups in total. The highest BCUT2D eigenvalue weighted by Crippen LogP contribution is 2.33. The topological polar surface area (TPSA) is 64.9 Å². The van der Waals surface area contributed by atoms with Gasteiger partial charge in [0, 0.05) is 22.9 Å². The molecule has 4 nitrogen and oxygen atoms in total. The van der Waals surface area contributed by atoms with E-state index in [9.17, 15) is 0 Å². The third-order valence-corrected chi connectivity index (χ3v) is 3.73. The Balaban J connectivity index is 0.00000108. The van der Waals surface area contributed by atoms with Crippen LogP contribution in [0.15, 0.2) is 21.3 Å². The summed E-state index contributed by atoms with van der Waals surface area (Å²) in [5, 5.41) is 8.04. The van der Waals surface area contributed by atoms with Crippen molar-refractivity contribution in [2.75, 3.05) is 0 Å². The number of nitrogens with zero attached hydrogens (tertiary/aromatic N) is 2. The molecule has 17 heavy (non-hydrogen) atoms. The fourth-order valence-electron chi connectivity index (χ4n) is 2.15. The third kappa shape index (κ3) is 2.51. The lowest BCUT2D eigenvalue weighted by atomic mass is 10.1. The molecule has 92 valence electrons. The molecule has 0 aromatic carbocycles. The molecule has 1 aliphatic carbocycles. The zero-order chi connectivity index (χ0) is 11.0. The van der Waals surface area contributed by atoms with Gasteiger partial charge in [0.15, 0.2) is 0 Å². The molecule has 0 bridgehead atoms. The fourth-order valence-corrected chi connectivity index (χ4v) is 2.79. The Morgan fingerprint density at radius 2 is 2.29 bits per heavy atom. The summed E-state index contributed by atoms with van der Waals surface area (Å²) in [5.41, 5.74) is 6.91. The molecule has 1 fully saturated rings. The number of aromatic nitrogens is 2. The fraction of sp³-hybridized carbons (Fsp3) is 0.455. The number of nitrogens with two attached hydrogens (primary N) is 1. The molecule has 2 unspecified atom stereocenters. The van der Waals surface area contributed by atoms with Crippen molar-refractivity contribution in [2.24, 2.45) is 5.73 Å². The molecule has 2 aromatic rings. The van der Waals surface area contributed by atoms with Gasteiger partial charge in [0.2, 0.25) is 11.7 Å². The number of rotatable bonds is 2. The quantitative estimate of drug-likeness (QED) is 0.912. The highest BCUT2D eigenvalue weighted by atomic mass is 35.5. The van der Waals surface area contributed by atoms with Crippen molar-refractivity contribution in [3.05, 3.63) is 22.7 Å². The first-order chi connectivity index (χ1) is 7.83. The van der Waals surface area contributed by atoms with E-state index >= 15 is 0 Å². The van der Waals surface area contributed by atoms with Crippen LogP contribution in [-0.4, -0.2) is 16.2 Å². The zero-order valence-electron chi connectivity index (χ0n) is 9.20. The second-order valence-electron chi connectivity index (χ2n) is 4.24. The van der Waals surface area contributed by atoms with Gasteiger partial charge in [-0.05, 0) is 30.7 Å². The molecule has 1 saturated carbocycles. The molecule has 0 aliphatic heterocycles. The van der Waals surface area contributed by atoms with Crippen LogP contribution in [0, 0.1) is 0 Å². The second-order valence-corrected chi connectivity index (χ2v) is 5.02. The van der Waals surface area contributed by atoms with Crippen molar-refractivity contribution < 1.29 is 4.52 Å². The van der Waals surface area contributed by atoms with Crippen LogP contribution in [-0.2, 0) is 0 Å². The Bertz CT molecular complexity index is 471. The van der Waals surface area contributed by atoms with E-state index in [-0.39, 0.29) is 12.4 Å². The largest absolute Gasteiger partial charge is 0.339 e. The molecule has 0 radical (unpaired) electrons. The van der Waals surface area contributed by atoms with E-state index in [4.69, 9.17) is 10.3 Å². The Labute approximate surface area is 110 Å². The summed E-state index contributed by atoms with van der Waals surface area (Å²) in [5.74, 6) is 1.79. The zero-order valence-corrected chi connectivity index (χ0v) is 10.8. The van der Waals surface area contributed by atoms with Crippen LogP contribution < -0.4 is 5.73 Å². The van der Waals surface area contributed by atoms with E-state index in [1.807, 2.05) is 16.8 Å². The normalized spacial score (nSPS) is 23.6. The van der Waals surface area contributed by atoms with E-state index < -0.39 is 0 Å². The van der Waals surface area contributed by atoms with Crippen molar-refractivity contribution in [3.63, 3.8) is 0 Å². The Morgan fingerprint density at radius 1 is 1.41 bits per heavy atom. The SMILES string of the molecule is Cl.NC1CCC(c2nc(-c3ccsc3)no2)C1. The van der Waals surface area contributed by atoms with Crippen LogP contribution in [0.3, 0.4) is 0 Å². The lowest BCUT2D eigenvalue weighted by molar-refractivity contribution is 0.353. The molecule has 2 aromatic heterocycles. The Kier molecular flexibility index (Phi) is 3.81. The van der Waals surface area contributed by atoms with Crippen LogP contribution in [0.2, 0.25) is 0 Å². The highest BCUT2D eigenvalue weighted by molar-refractivity contribution is 7.08.